The van der Waals surface area contributed by atoms with Crippen LogP contribution in [0.2, 0.25) is 0 Å². The van der Waals surface area contributed by atoms with Gasteiger partial charge in [0, 0.05) is 30.1 Å². The van der Waals surface area contributed by atoms with Crippen molar-refractivity contribution in [1.82, 2.24) is 5.48 Å². The van der Waals surface area contributed by atoms with Crippen molar-refractivity contribution < 1.29 is 53.4 Å². The Kier molecular flexibility index (Phi) is 14.1. The van der Waals surface area contributed by atoms with Gasteiger partial charge < -0.3 is 39.0 Å². The van der Waals surface area contributed by atoms with Crippen molar-refractivity contribution in [1.29, 1.82) is 0 Å². The van der Waals surface area contributed by atoms with E-state index in [0.29, 0.717) is 44.9 Å². The Labute approximate surface area is 329 Å². The molecule has 0 saturated carbocycles. The van der Waals surface area contributed by atoms with E-state index in [1.54, 1.807) is 19.1 Å². The van der Waals surface area contributed by atoms with Crippen LogP contribution >= 0.6 is 0 Å². The number of carbonyl (C=O) groups excluding carboxylic acids is 2. The summed E-state index contributed by atoms with van der Waals surface area (Å²) in [5.74, 6) is -4.78. The SMILES string of the molecule is CCC(C(=O)[C@@H](C)[C@@H](O)[C@H](C)[C@@H]1O[C@@H]([C@@H](CC)C(=O)NOC)CC[C@@H]1C)[C@H]1O[C@]2(C=C[C@@H](O)[C@]3(CC[C@@](C)([C@H]4CC[C@](O)(CC)[C@H](C)O4)O3)O2)[C@H](C)C[C@@H]1C. The van der Waals surface area contributed by atoms with E-state index in [9.17, 15) is 24.9 Å². The van der Waals surface area contributed by atoms with Crippen LogP contribution in [0.3, 0.4) is 0 Å². The lowest BCUT2D eigenvalue weighted by atomic mass is 9.72. The molecule has 0 aromatic heterocycles. The number of aliphatic hydroxyl groups excluding tert-OH is 2. The van der Waals surface area contributed by atoms with Gasteiger partial charge in [0.1, 0.15) is 11.9 Å². The lowest BCUT2D eigenvalue weighted by Gasteiger charge is -2.54. The summed E-state index contributed by atoms with van der Waals surface area (Å²) >= 11 is 0. The minimum atomic E-state index is -1.37. The van der Waals surface area contributed by atoms with Crippen LogP contribution in [0.15, 0.2) is 12.2 Å². The lowest BCUT2D eigenvalue weighted by Crippen LogP contribution is -2.63. The van der Waals surface area contributed by atoms with Gasteiger partial charge in [-0.2, -0.15) is 0 Å². The third kappa shape index (κ3) is 8.51. The number of ether oxygens (including phenoxy) is 5. The molecule has 55 heavy (non-hydrogen) atoms. The molecule has 0 radical (unpaired) electrons. The number of carbonyl (C=O) groups is 2. The van der Waals surface area contributed by atoms with Crippen molar-refractivity contribution in [2.45, 2.75) is 199 Å². The summed E-state index contributed by atoms with van der Waals surface area (Å²) in [7, 11) is 1.42. The van der Waals surface area contributed by atoms with E-state index in [0.717, 1.165) is 19.3 Å². The van der Waals surface area contributed by atoms with Crippen LogP contribution in [0, 0.1) is 41.4 Å². The second-order valence-corrected chi connectivity index (χ2v) is 18.2. The van der Waals surface area contributed by atoms with Crippen molar-refractivity contribution in [2.75, 3.05) is 7.11 Å². The standard InChI is InChI=1S/C43H73NO11/c1-12-30(39(48)44-50-11)32-16-15-24(4)37(52-32)28(8)35(46)27(7)36(47)31(13-2)38-25(5)23-26(6)42(53-38)20-17-33(45)43(55-42)22-21-40(10,54-43)34-18-19-41(49,14-3)29(9)51-34/h17,20,24-35,37-38,45-46,49H,12-16,18-19,21-23H2,1-11H3,(H,44,48)/t24-,25-,26+,27-,28-,29-,30+,31?,32+,33+,34+,35+,37+,38-,40-,41+,42-,43-/m0/s1. The summed E-state index contributed by atoms with van der Waals surface area (Å²) in [6.07, 6.45) is 6.00. The normalized spacial score (nSPS) is 44.9. The van der Waals surface area contributed by atoms with Gasteiger partial charge in [-0.15, -0.1) is 0 Å². The number of hydroxylamine groups is 1. The summed E-state index contributed by atoms with van der Waals surface area (Å²) in [4.78, 5) is 32.1. The Morgan fingerprint density at radius 2 is 1.62 bits per heavy atom. The van der Waals surface area contributed by atoms with E-state index in [1.807, 2.05) is 41.5 Å². The number of aliphatic hydroxyl groups is 3. The summed E-state index contributed by atoms with van der Waals surface area (Å²) in [5.41, 5.74) is 0.825. The van der Waals surface area contributed by atoms with Crippen LogP contribution in [-0.2, 0) is 38.1 Å². The molecule has 2 spiro atoms. The van der Waals surface area contributed by atoms with E-state index in [2.05, 4.69) is 26.3 Å². The first kappa shape index (κ1) is 44.6. The van der Waals surface area contributed by atoms with Crippen molar-refractivity contribution in [3.8, 4) is 0 Å². The van der Waals surface area contributed by atoms with E-state index in [-0.39, 0.29) is 65.7 Å². The highest BCUT2D eigenvalue weighted by molar-refractivity contribution is 5.84. The van der Waals surface area contributed by atoms with Crippen LogP contribution in [0.4, 0.5) is 0 Å². The summed E-state index contributed by atoms with van der Waals surface area (Å²) in [6.45, 7) is 19.8. The molecule has 18 atom stereocenters. The number of rotatable bonds is 13. The van der Waals surface area contributed by atoms with Gasteiger partial charge in [0.15, 0.2) is 5.79 Å². The molecular formula is C43H73NO11. The molecule has 4 saturated heterocycles. The van der Waals surface area contributed by atoms with Gasteiger partial charge in [-0.05, 0) is 95.6 Å². The molecular weight excluding hydrogens is 706 g/mol. The van der Waals surface area contributed by atoms with E-state index in [4.69, 9.17) is 28.5 Å². The quantitative estimate of drug-likeness (QED) is 0.133. The van der Waals surface area contributed by atoms with Gasteiger partial charge in [-0.25, -0.2) is 5.48 Å². The largest absolute Gasteiger partial charge is 0.392 e. The highest BCUT2D eigenvalue weighted by Gasteiger charge is 2.63. The molecule has 4 N–H and O–H groups in total. The Morgan fingerprint density at radius 1 is 0.927 bits per heavy atom. The second kappa shape index (κ2) is 17.4. The Bertz CT molecular complexity index is 1360. The number of ketones is 1. The molecule has 1 unspecified atom stereocenters. The lowest BCUT2D eigenvalue weighted by molar-refractivity contribution is -0.409. The van der Waals surface area contributed by atoms with Crippen LogP contribution in [0.25, 0.3) is 0 Å². The smallest absolute Gasteiger partial charge is 0.249 e. The number of amides is 1. The summed E-state index contributed by atoms with van der Waals surface area (Å²) < 4.78 is 33.7. The first-order chi connectivity index (χ1) is 25.8. The maximum Gasteiger partial charge on any atom is 0.249 e. The summed E-state index contributed by atoms with van der Waals surface area (Å²) in [6, 6.07) is 0. The van der Waals surface area contributed by atoms with Crippen LogP contribution in [-0.4, -0.2) is 99.6 Å². The molecule has 5 aliphatic rings. The van der Waals surface area contributed by atoms with Gasteiger partial charge >= 0.3 is 0 Å². The highest BCUT2D eigenvalue weighted by atomic mass is 16.8. The Hall–Kier alpha value is -1.48. The third-order valence-corrected chi connectivity index (χ3v) is 14.7. The molecule has 12 heteroatoms. The fourth-order valence-corrected chi connectivity index (χ4v) is 10.7. The highest BCUT2D eigenvalue weighted by Crippen LogP contribution is 2.54. The van der Waals surface area contributed by atoms with E-state index < -0.39 is 52.9 Å². The number of hydrogen-bond acceptors (Lipinski definition) is 11. The molecule has 5 rings (SSSR count). The molecule has 0 aromatic carbocycles. The summed E-state index contributed by atoms with van der Waals surface area (Å²) in [5, 5.41) is 34.3. The van der Waals surface area contributed by atoms with Crippen molar-refractivity contribution in [3.05, 3.63) is 12.2 Å². The van der Waals surface area contributed by atoms with Crippen molar-refractivity contribution in [3.63, 3.8) is 0 Å². The van der Waals surface area contributed by atoms with Crippen LogP contribution < -0.4 is 5.48 Å². The molecule has 5 heterocycles. The maximum absolute atomic E-state index is 14.5. The first-order valence-electron chi connectivity index (χ1n) is 21.4. The Balaban J connectivity index is 1.30. The zero-order valence-electron chi connectivity index (χ0n) is 35.4. The number of nitrogens with one attached hydrogen (secondary N) is 1. The number of Topliss-reactive ketones (excluding diaryl/α,β-unsaturated/α-hetero) is 1. The van der Waals surface area contributed by atoms with Gasteiger partial charge in [0.05, 0.1) is 60.9 Å². The minimum absolute atomic E-state index is 0.0203. The molecule has 316 valence electrons. The average Bonchev–Trinajstić information content (AvgIpc) is 3.50. The van der Waals surface area contributed by atoms with Gasteiger partial charge in [-0.1, -0.05) is 55.4 Å². The molecule has 12 nitrogen and oxygen atoms in total. The molecule has 1 amide bonds. The van der Waals surface area contributed by atoms with Crippen molar-refractivity contribution >= 4 is 11.7 Å². The molecule has 0 aromatic rings. The minimum Gasteiger partial charge on any atom is -0.392 e. The van der Waals surface area contributed by atoms with Crippen LogP contribution in [0.1, 0.15) is 133 Å². The Morgan fingerprint density at radius 3 is 2.24 bits per heavy atom. The van der Waals surface area contributed by atoms with Gasteiger partial charge in [0.25, 0.3) is 0 Å². The third-order valence-electron chi connectivity index (χ3n) is 14.7. The maximum atomic E-state index is 14.5. The predicted octanol–water partition coefficient (Wildman–Crippen LogP) is 5.78. The molecule has 0 aliphatic carbocycles. The van der Waals surface area contributed by atoms with Gasteiger partial charge in [0.2, 0.25) is 11.7 Å². The van der Waals surface area contributed by atoms with E-state index in [1.165, 1.54) is 7.11 Å². The molecule has 0 bridgehead atoms. The molecule has 4 fully saturated rings. The topological polar surface area (TPSA) is 162 Å². The average molecular weight is 780 g/mol. The van der Waals surface area contributed by atoms with Crippen LogP contribution in [0.5, 0.6) is 0 Å². The zero-order chi connectivity index (χ0) is 40.7. The first-order valence-corrected chi connectivity index (χ1v) is 21.4. The monoisotopic (exact) mass is 780 g/mol. The molecule has 5 aliphatic heterocycles. The number of hydrogen-bond donors (Lipinski definition) is 4. The second-order valence-electron chi connectivity index (χ2n) is 18.2. The van der Waals surface area contributed by atoms with Gasteiger partial charge in [-0.3, -0.25) is 14.4 Å². The predicted molar refractivity (Wildman–Crippen MR) is 206 cm³/mol. The zero-order valence-corrected chi connectivity index (χ0v) is 35.4. The fraction of sp³-hybridized carbons (Fsp3) is 0.907. The van der Waals surface area contributed by atoms with E-state index >= 15 is 0 Å². The fourth-order valence-electron chi connectivity index (χ4n) is 10.7. The van der Waals surface area contributed by atoms with Crippen molar-refractivity contribution in [2.24, 2.45) is 41.4 Å².